The molecule has 1 fully saturated rings. The third kappa shape index (κ3) is 5.08. The van der Waals surface area contributed by atoms with Crippen molar-refractivity contribution < 1.29 is 14.4 Å². The summed E-state index contributed by atoms with van der Waals surface area (Å²) in [5, 5.41) is 4.69. The van der Waals surface area contributed by atoms with Gasteiger partial charge in [-0.1, -0.05) is 36.4 Å². The van der Waals surface area contributed by atoms with Crippen LogP contribution in [0.1, 0.15) is 46.5 Å². The first kappa shape index (κ1) is 21.4. The smallest absolute Gasteiger partial charge is 0.271 e. The minimum atomic E-state index is -0.337. The Balaban J connectivity index is 1.22. The average Bonchev–Trinajstić information content (AvgIpc) is 2.86. The van der Waals surface area contributed by atoms with E-state index in [0.717, 1.165) is 23.6 Å². The summed E-state index contributed by atoms with van der Waals surface area (Å²) < 4.78 is 0. The van der Waals surface area contributed by atoms with Crippen molar-refractivity contribution in [3.05, 3.63) is 72.3 Å². The topological polar surface area (TPSA) is 113 Å². The molecule has 1 saturated carbocycles. The number of rotatable bonds is 5. The van der Waals surface area contributed by atoms with Crippen LogP contribution in [0.25, 0.3) is 10.8 Å². The molecule has 1 heterocycles. The van der Waals surface area contributed by atoms with Gasteiger partial charge in [0.1, 0.15) is 5.69 Å². The van der Waals surface area contributed by atoms with E-state index in [-0.39, 0.29) is 23.6 Å². The maximum atomic E-state index is 12.6. The number of amides is 3. The molecule has 0 aliphatic heterocycles. The highest BCUT2D eigenvalue weighted by Crippen LogP contribution is 2.28. The van der Waals surface area contributed by atoms with Crippen LogP contribution in [0.3, 0.4) is 0 Å². The maximum Gasteiger partial charge on any atom is 0.271 e. The first-order valence-electron chi connectivity index (χ1n) is 10.7. The molecule has 0 saturated heterocycles. The van der Waals surface area contributed by atoms with Gasteiger partial charge in [-0.2, -0.15) is 0 Å². The standard InChI is InChI=1S/C24H25N5O3/c30-22(28-29-23(31)20-7-3-5-17-4-1-2-6-19(17)20)18-10-8-16(9-11-18)14-27-24(32)21-15-25-12-13-26-21/h1-7,12-13,15-16,18H,8-11,14H2,(H,27,32)(H,28,30)(H,29,31). The zero-order valence-electron chi connectivity index (χ0n) is 17.6. The van der Waals surface area contributed by atoms with Crippen LogP contribution in [-0.2, 0) is 4.79 Å². The summed E-state index contributed by atoms with van der Waals surface area (Å²) in [5.41, 5.74) is 5.94. The lowest BCUT2D eigenvalue weighted by Crippen LogP contribution is -2.45. The number of carbonyl (C=O) groups excluding carboxylic acids is 3. The fourth-order valence-electron chi connectivity index (χ4n) is 4.08. The van der Waals surface area contributed by atoms with Crippen LogP contribution in [0.4, 0.5) is 0 Å². The van der Waals surface area contributed by atoms with E-state index >= 15 is 0 Å². The molecule has 164 valence electrons. The molecule has 8 nitrogen and oxygen atoms in total. The van der Waals surface area contributed by atoms with Gasteiger partial charge in [-0.15, -0.1) is 0 Å². The van der Waals surface area contributed by atoms with Crippen LogP contribution in [0.5, 0.6) is 0 Å². The van der Waals surface area contributed by atoms with Crippen LogP contribution < -0.4 is 16.2 Å². The Hall–Kier alpha value is -3.81. The van der Waals surface area contributed by atoms with Gasteiger partial charge in [-0.05, 0) is 48.4 Å². The zero-order valence-corrected chi connectivity index (χ0v) is 17.6. The summed E-state index contributed by atoms with van der Waals surface area (Å²) in [5.74, 6) is -0.606. The Bertz CT molecular complexity index is 1110. The lowest BCUT2D eigenvalue weighted by Gasteiger charge is -2.27. The van der Waals surface area contributed by atoms with Gasteiger partial charge in [-0.3, -0.25) is 30.2 Å². The first-order valence-corrected chi connectivity index (χ1v) is 10.7. The minimum absolute atomic E-state index is 0.158. The van der Waals surface area contributed by atoms with E-state index in [2.05, 4.69) is 26.1 Å². The molecule has 0 atom stereocenters. The molecule has 4 rings (SSSR count). The van der Waals surface area contributed by atoms with Crippen molar-refractivity contribution in [1.29, 1.82) is 0 Å². The largest absolute Gasteiger partial charge is 0.350 e. The molecule has 3 aromatic rings. The predicted molar refractivity (Wildman–Crippen MR) is 119 cm³/mol. The van der Waals surface area contributed by atoms with Crippen molar-refractivity contribution in [2.24, 2.45) is 11.8 Å². The van der Waals surface area contributed by atoms with Crippen molar-refractivity contribution in [2.45, 2.75) is 25.7 Å². The molecule has 0 radical (unpaired) electrons. The van der Waals surface area contributed by atoms with Gasteiger partial charge in [0, 0.05) is 30.4 Å². The number of fused-ring (bicyclic) bond motifs is 1. The quantitative estimate of drug-likeness (QED) is 0.538. The van der Waals surface area contributed by atoms with E-state index in [1.807, 2.05) is 36.4 Å². The first-order chi connectivity index (χ1) is 15.6. The second-order valence-electron chi connectivity index (χ2n) is 7.99. The molecule has 0 spiro atoms. The van der Waals surface area contributed by atoms with Gasteiger partial charge >= 0.3 is 0 Å². The van der Waals surface area contributed by atoms with Crippen molar-refractivity contribution in [2.75, 3.05) is 6.54 Å². The number of aromatic nitrogens is 2. The van der Waals surface area contributed by atoms with Gasteiger partial charge in [-0.25, -0.2) is 4.98 Å². The second kappa shape index (κ2) is 10.00. The second-order valence-corrected chi connectivity index (χ2v) is 7.99. The molecule has 1 aliphatic carbocycles. The summed E-state index contributed by atoms with van der Waals surface area (Å²) in [7, 11) is 0. The summed E-state index contributed by atoms with van der Waals surface area (Å²) >= 11 is 0. The molecule has 1 aromatic heterocycles. The van der Waals surface area contributed by atoms with Gasteiger partial charge in [0.25, 0.3) is 11.8 Å². The van der Waals surface area contributed by atoms with Gasteiger partial charge in [0.2, 0.25) is 5.91 Å². The SMILES string of the molecule is O=C(NCC1CCC(C(=O)NNC(=O)c2cccc3ccccc23)CC1)c1cnccn1. The van der Waals surface area contributed by atoms with E-state index in [9.17, 15) is 14.4 Å². The highest BCUT2D eigenvalue weighted by molar-refractivity contribution is 6.07. The lowest BCUT2D eigenvalue weighted by atomic mass is 9.81. The van der Waals surface area contributed by atoms with Crippen molar-refractivity contribution in [1.82, 2.24) is 26.1 Å². The number of carbonyl (C=O) groups is 3. The highest BCUT2D eigenvalue weighted by atomic mass is 16.2. The molecule has 1 aliphatic rings. The maximum absolute atomic E-state index is 12.6. The Kier molecular flexibility index (Phi) is 6.69. The van der Waals surface area contributed by atoms with Crippen LogP contribution in [0.2, 0.25) is 0 Å². The molecular weight excluding hydrogens is 406 g/mol. The van der Waals surface area contributed by atoms with Gasteiger partial charge < -0.3 is 5.32 Å². The third-order valence-corrected chi connectivity index (χ3v) is 5.90. The van der Waals surface area contributed by atoms with Crippen LogP contribution in [0, 0.1) is 11.8 Å². The van der Waals surface area contributed by atoms with Gasteiger partial charge in [0.15, 0.2) is 0 Å². The highest BCUT2D eigenvalue weighted by Gasteiger charge is 2.27. The molecule has 3 N–H and O–H groups in total. The van der Waals surface area contributed by atoms with E-state index < -0.39 is 0 Å². The van der Waals surface area contributed by atoms with Crippen LogP contribution >= 0.6 is 0 Å². The summed E-state index contributed by atoms with van der Waals surface area (Å²) in [6, 6.07) is 13.1. The van der Waals surface area contributed by atoms with E-state index in [0.29, 0.717) is 36.6 Å². The Labute approximate surface area is 185 Å². The Morgan fingerprint density at radius 3 is 2.44 bits per heavy atom. The van der Waals surface area contributed by atoms with Crippen molar-refractivity contribution in [3.63, 3.8) is 0 Å². The number of nitrogens with zero attached hydrogens (tertiary/aromatic N) is 2. The van der Waals surface area contributed by atoms with Crippen LogP contribution in [-0.4, -0.2) is 34.2 Å². The number of hydrogen-bond acceptors (Lipinski definition) is 5. The molecule has 32 heavy (non-hydrogen) atoms. The number of hydrazine groups is 1. The van der Waals surface area contributed by atoms with Gasteiger partial charge in [0.05, 0.1) is 6.20 Å². The number of hydrogen-bond donors (Lipinski definition) is 3. The molecule has 3 amide bonds. The molecule has 0 unspecified atom stereocenters. The Morgan fingerprint density at radius 2 is 1.66 bits per heavy atom. The average molecular weight is 431 g/mol. The minimum Gasteiger partial charge on any atom is -0.350 e. The zero-order chi connectivity index (χ0) is 22.3. The monoisotopic (exact) mass is 431 g/mol. The third-order valence-electron chi connectivity index (χ3n) is 5.90. The predicted octanol–water partition coefficient (Wildman–Crippen LogP) is 2.63. The van der Waals surface area contributed by atoms with E-state index in [1.54, 1.807) is 6.07 Å². The fraction of sp³-hybridized carbons (Fsp3) is 0.292. The summed E-state index contributed by atoms with van der Waals surface area (Å²) in [4.78, 5) is 45.1. The molecule has 2 aromatic carbocycles. The molecule has 0 bridgehead atoms. The normalized spacial score (nSPS) is 18.0. The molecule has 8 heteroatoms. The lowest BCUT2D eigenvalue weighted by molar-refractivity contribution is -0.127. The number of benzene rings is 2. The summed E-state index contributed by atoms with van der Waals surface area (Å²) in [6.07, 6.45) is 7.52. The molecular formula is C24H25N5O3. The van der Waals surface area contributed by atoms with E-state index in [4.69, 9.17) is 0 Å². The fourth-order valence-corrected chi connectivity index (χ4v) is 4.08. The van der Waals surface area contributed by atoms with Crippen molar-refractivity contribution >= 4 is 28.5 Å². The van der Waals surface area contributed by atoms with Crippen molar-refractivity contribution in [3.8, 4) is 0 Å². The summed E-state index contributed by atoms with van der Waals surface area (Å²) in [6.45, 7) is 0.543. The van der Waals surface area contributed by atoms with E-state index in [1.165, 1.54) is 18.6 Å². The van der Waals surface area contributed by atoms with Crippen LogP contribution in [0.15, 0.2) is 61.1 Å². The Morgan fingerprint density at radius 1 is 0.875 bits per heavy atom. The number of nitrogens with one attached hydrogen (secondary N) is 3.